The summed E-state index contributed by atoms with van der Waals surface area (Å²) in [6.45, 7) is 0.279. The molecule has 1 saturated heterocycles. The molecule has 0 aliphatic carbocycles. The number of methoxy groups -OCH3 is 1. The first-order chi connectivity index (χ1) is 9.47. The van der Waals surface area contributed by atoms with Gasteiger partial charge in [0.2, 0.25) is 5.91 Å². The van der Waals surface area contributed by atoms with Crippen LogP contribution < -0.4 is 9.64 Å². The van der Waals surface area contributed by atoms with Gasteiger partial charge >= 0.3 is 0 Å². The van der Waals surface area contributed by atoms with Crippen LogP contribution in [0.3, 0.4) is 0 Å². The van der Waals surface area contributed by atoms with Crippen molar-refractivity contribution in [2.24, 2.45) is 5.92 Å². The number of anilines is 1. The lowest BCUT2D eigenvalue weighted by Crippen LogP contribution is -2.25. The summed E-state index contributed by atoms with van der Waals surface area (Å²) < 4.78 is 5.57. The van der Waals surface area contributed by atoms with Crippen LogP contribution in [0.5, 0.6) is 5.75 Å². The molecule has 1 heterocycles. The molecule has 0 radical (unpaired) electrons. The van der Waals surface area contributed by atoms with Gasteiger partial charge in [-0.05, 0) is 15.9 Å². The van der Waals surface area contributed by atoms with Gasteiger partial charge in [0, 0.05) is 31.0 Å². The molecule has 0 spiro atoms. The number of hydrogen-bond acceptors (Lipinski definition) is 4. The molecule has 0 bridgehead atoms. The smallest absolute Gasteiger partial charge is 0.294 e. The minimum Gasteiger partial charge on any atom is -0.495 e. The van der Waals surface area contributed by atoms with Crippen LogP contribution in [-0.2, 0) is 4.79 Å². The molecule has 2 rings (SSSR count). The van der Waals surface area contributed by atoms with Gasteiger partial charge in [-0.2, -0.15) is 0 Å². The molecule has 6 nitrogen and oxygen atoms in total. The van der Waals surface area contributed by atoms with Crippen LogP contribution in [0, 0.1) is 28.4 Å². The highest BCUT2D eigenvalue weighted by molar-refractivity contribution is 9.10. The van der Waals surface area contributed by atoms with Gasteiger partial charge in [0.05, 0.1) is 16.5 Å². The number of rotatable bonds is 3. The molecule has 1 fully saturated rings. The highest BCUT2D eigenvalue weighted by Gasteiger charge is 2.34. The third kappa shape index (κ3) is 2.47. The minimum atomic E-state index is -0.532. The quantitative estimate of drug-likeness (QED) is 0.481. The van der Waals surface area contributed by atoms with E-state index in [1.54, 1.807) is 0 Å². The van der Waals surface area contributed by atoms with Crippen molar-refractivity contribution in [2.75, 3.05) is 18.6 Å². The monoisotopic (exact) mass is 338 g/mol. The lowest BCUT2D eigenvalue weighted by molar-refractivity contribution is -0.384. The van der Waals surface area contributed by atoms with Crippen molar-refractivity contribution in [2.45, 2.75) is 6.42 Å². The van der Waals surface area contributed by atoms with E-state index in [1.165, 1.54) is 24.1 Å². The first-order valence-corrected chi connectivity index (χ1v) is 6.55. The summed E-state index contributed by atoms with van der Waals surface area (Å²) in [6.07, 6.45) is 5.52. The largest absolute Gasteiger partial charge is 0.495 e. The van der Waals surface area contributed by atoms with E-state index in [2.05, 4.69) is 21.9 Å². The van der Waals surface area contributed by atoms with Gasteiger partial charge < -0.3 is 9.64 Å². The normalized spacial score (nSPS) is 17.9. The minimum absolute atomic E-state index is 0.163. The van der Waals surface area contributed by atoms with Crippen LogP contribution in [0.25, 0.3) is 0 Å². The fraction of sp³-hybridized carbons (Fsp3) is 0.308. The second kappa shape index (κ2) is 5.51. The van der Waals surface area contributed by atoms with Gasteiger partial charge in [0.1, 0.15) is 11.4 Å². The van der Waals surface area contributed by atoms with E-state index in [9.17, 15) is 14.9 Å². The number of carbonyl (C=O) groups excluding carboxylic acids is 1. The van der Waals surface area contributed by atoms with Crippen LogP contribution in [0.2, 0.25) is 0 Å². The Morgan fingerprint density at radius 2 is 2.30 bits per heavy atom. The van der Waals surface area contributed by atoms with Crippen LogP contribution >= 0.6 is 15.9 Å². The SMILES string of the molecule is C#CC1CC(=O)N(c2cc(OC)c(Br)cc2[N+](=O)[O-])C1. The van der Waals surface area contributed by atoms with Gasteiger partial charge in [0.25, 0.3) is 5.69 Å². The number of hydrogen-bond donors (Lipinski definition) is 0. The fourth-order valence-corrected chi connectivity index (χ4v) is 2.60. The number of halogens is 1. The first kappa shape index (κ1) is 14.3. The summed E-state index contributed by atoms with van der Waals surface area (Å²) in [5.74, 6) is 2.48. The van der Waals surface area contributed by atoms with Crippen molar-refractivity contribution in [3.05, 3.63) is 26.7 Å². The number of terminal acetylenes is 1. The molecule has 0 saturated carbocycles. The molecule has 0 aromatic heterocycles. The van der Waals surface area contributed by atoms with Crippen molar-refractivity contribution in [1.29, 1.82) is 0 Å². The number of amides is 1. The van der Waals surface area contributed by atoms with Crippen molar-refractivity contribution in [3.8, 4) is 18.1 Å². The molecule has 1 aliphatic heterocycles. The van der Waals surface area contributed by atoms with Crippen molar-refractivity contribution in [1.82, 2.24) is 0 Å². The molecule has 104 valence electrons. The molecule has 1 aromatic rings. The standard InChI is InChI=1S/C13H11BrN2O4/c1-3-8-4-13(17)15(7-8)10-6-12(20-2)9(14)5-11(10)16(18)19/h1,5-6,8H,4,7H2,2H3. The molecule has 1 unspecified atom stereocenters. The lowest BCUT2D eigenvalue weighted by atomic mass is 10.1. The Morgan fingerprint density at radius 3 is 2.80 bits per heavy atom. The van der Waals surface area contributed by atoms with E-state index in [0.717, 1.165) is 0 Å². The summed E-state index contributed by atoms with van der Waals surface area (Å²) in [5, 5.41) is 11.2. The molecule has 1 aliphatic rings. The molecule has 1 aromatic carbocycles. The number of nitrogens with zero attached hydrogens (tertiary/aromatic N) is 2. The second-order valence-electron chi connectivity index (χ2n) is 4.30. The predicted molar refractivity (Wildman–Crippen MR) is 76.6 cm³/mol. The Labute approximate surface area is 124 Å². The lowest BCUT2D eigenvalue weighted by Gasteiger charge is -2.17. The predicted octanol–water partition coefficient (Wildman–Crippen LogP) is 2.35. The fourth-order valence-electron chi connectivity index (χ4n) is 2.10. The number of nitro groups is 1. The first-order valence-electron chi connectivity index (χ1n) is 5.76. The molecule has 7 heteroatoms. The average Bonchev–Trinajstić information content (AvgIpc) is 2.79. The molecule has 1 atom stereocenters. The van der Waals surface area contributed by atoms with E-state index >= 15 is 0 Å². The Morgan fingerprint density at radius 1 is 1.60 bits per heavy atom. The summed E-state index contributed by atoms with van der Waals surface area (Å²) in [6, 6.07) is 2.80. The topological polar surface area (TPSA) is 72.7 Å². The Hall–Kier alpha value is -2.07. The zero-order valence-corrected chi connectivity index (χ0v) is 12.2. The molecule has 0 N–H and O–H groups in total. The second-order valence-corrected chi connectivity index (χ2v) is 5.16. The summed E-state index contributed by atoms with van der Waals surface area (Å²) in [5.41, 5.74) is 0.0431. The Bertz CT molecular complexity index is 624. The van der Waals surface area contributed by atoms with Gasteiger partial charge in [-0.15, -0.1) is 12.3 Å². The van der Waals surface area contributed by atoms with Crippen LogP contribution in [-0.4, -0.2) is 24.5 Å². The van der Waals surface area contributed by atoms with E-state index in [0.29, 0.717) is 10.2 Å². The molecular formula is C13H11BrN2O4. The van der Waals surface area contributed by atoms with Crippen LogP contribution in [0.1, 0.15) is 6.42 Å². The zero-order chi connectivity index (χ0) is 14.9. The number of carbonyl (C=O) groups is 1. The maximum Gasteiger partial charge on any atom is 0.294 e. The summed E-state index contributed by atoms with van der Waals surface area (Å²) in [7, 11) is 1.45. The highest BCUT2D eigenvalue weighted by atomic mass is 79.9. The third-order valence-corrected chi connectivity index (χ3v) is 3.72. The van der Waals surface area contributed by atoms with Crippen molar-refractivity contribution >= 4 is 33.2 Å². The summed E-state index contributed by atoms with van der Waals surface area (Å²) >= 11 is 3.19. The zero-order valence-electron chi connectivity index (χ0n) is 10.6. The third-order valence-electron chi connectivity index (χ3n) is 3.10. The molecule has 1 amide bonds. The number of ether oxygens (including phenoxy) is 1. The van der Waals surface area contributed by atoms with Gasteiger partial charge in [-0.25, -0.2) is 0 Å². The molecule has 20 heavy (non-hydrogen) atoms. The Kier molecular flexibility index (Phi) is 3.95. The van der Waals surface area contributed by atoms with Gasteiger partial charge in [-0.1, -0.05) is 0 Å². The van der Waals surface area contributed by atoms with Crippen molar-refractivity contribution < 1.29 is 14.5 Å². The average molecular weight is 339 g/mol. The molecular weight excluding hydrogens is 328 g/mol. The van der Waals surface area contributed by atoms with Gasteiger partial charge in [-0.3, -0.25) is 14.9 Å². The number of nitro benzene ring substituents is 1. The van der Waals surface area contributed by atoms with Crippen molar-refractivity contribution in [3.63, 3.8) is 0 Å². The van der Waals surface area contributed by atoms with Crippen LogP contribution in [0.4, 0.5) is 11.4 Å². The highest BCUT2D eigenvalue weighted by Crippen LogP contribution is 2.40. The summed E-state index contributed by atoms with van der Waals surface area (Å²) in [4.78, 5) is 23.9. The van der Waals surface area contributed by atoms with E-state index in [1.807, 2.05) is 0 Å². The number of benzene rings is 1. The van der Waals surface area contributed by atoms with E-state index in [-0.39, 0.29) is 36.2 Å². The maximum absolute atomic E-state index is 12.0. The Balaban J connectivity index is 2.52. The van der Waals surface area contributed by atoms with Gasteiger partial charge in [0.15, 0.2) is 0 Å². The van der Waals surface area contributed by atoms with Crippen LogP contribution in [0.15, 0.2) is 16.6 Å². The maximum atomic E-state index is 12.0. The van der Waals surface area contributed by atoms with E-state index < -0.39 is 4.92 Å². The van der Waals surface area contributed by atoms with E-state index in [4.69, 9.17) is 11.2 Å².